The number of hydrogen-bond acceptors (Lipinski definition) is 4. The lowest BCUT2D eigenvalue weighted by Crippen LogP contribution is -2.49. The van der Waals surface area contributed by atoms with Gasteiger partial charge in [-0.15, -0.1) is 0 Å². The second kappa shape index (κ2) is 10.0. The maximum Gasteiger partial charge on any atom is 0.409 e. The average molecular weight is 510 g/mol. The third-order valence-electron chi connectivity index (χ3n) is 9.23. The van der Waals surface area contributed by atoms with Crippen LogP contribution in [0.5, 0.6) is 0 Å². The van der Waals surface area contributed by atoms with Crippen LogP contribution in [-0.4, -0.2) is 57.4 Å². The number of amides is 1. The minimum atomic E-state index is -0.228. The SMILES string of the molecule is COC(=O)N1CCN(c2ccccc2N2CCC(C3c4ccccc4C(C)(C)c4ccccc43)CC2)CC1. The van der Waals surface area contributed by atoms with E-state index in [0.717, 1.165) is 26.2 Å². The zero-order chi connectivity index (χ0) is 26.3. The van der Waals surface area contributed by atoms with Crippen molar-refractivity contribution in [1.29, 1.82) is 0 Å². The molecule has 198 valence electrons. The number of anilines is 2. The van der Waals surface area contributed by atoms with Crippen LogP contribution in [0.4, 0.5) is 16.2 Å². The molecule has 3 aliphatic rings. The summed E-state index contributed by atoms with van der Waals surface area (Å²) in [4.78, 5) is 18.8. The van der Waals surface area contributed by atoms with Crippen molar-refractivity contribution in [3.8, 4) is 0 Å². The first kappa shape index (κ1) is 24.8. The highest BCUT2D eigenvalue weighted by atomic mass is 16.5. The zero-order valence-electron chi connectivity index (χ0n) is 22.9. The number of hydrogen-bond donors (Lipinski definition) is 0. The first-order valence-corrected chi connectivity index (χ1v) is 14.1. The molecule has 2 fully saturated rings. The minimum absolute atomic E-state index is 0.0290. The number of piperazine rings is 1. The highest BCUT2D eigenvalue weighted by Crippen LogP contribution is 2.51. The van der Waals surface area contributed by atoms with E-state index in [-0.39, 0.29) is 11.5 Å². The Bertz CT molecular complexity index is 1250. The van der Waals surface area contributed by atoms with E-state index < -0.39 is 0 Å². The fourth-order valence-electron chi connectivity index (χ4n) is 7.23. The summed E-state index contributed by atoms with van der Waals surface area (Å²) < 4.78 is 4.93. The minimum Gasteiger partial charge on any atom is -0.453 e. The Morgan fingerprint density at radius 3 is 1.71 bits per heavy atom. The third-order valence-corrected chi connectivity index (χ3v) is 9.23. The monoisotopic (exact) mass is 509 g/mol. The lowest BCUT2D eigenvalue weighted by Gasteiger charge is -2.45. The van der Waals surface area contributed by atoms with Crippen LogP contribution in [-0.2, 0) is 10.2 Å². The van der Waals surface area contributed by atoms with Gasteiger partial charge in [0, 0.05) is 50.6 Å². The first-order chi connectivity index (χ1) is 18.5. The van der Waals surface area contributed by atoms with Crippen LogP contribution in [0.15, 0.2) is 72.8 Å². The molecule has 2 heterocycles. The van der Waals surface area contributed by atoms with E-state index in [1.54, 1.807) is 4.90 Å². The maximum atomic E-state index is 12.0. The van der Waals surface area contributed by atoms with Crippen molar-refractivity contribution in [1.82, 2.24) is 4.90 Å². The molecule has 2 saturated heterocycles. The Balaban J connectivity index is 1.22. The Morgan fingerprint density at radius 2 is 1.18 bits per heavy atom. The standard InChI is InChI=1S/C33H39N3O2/c1-33(2)27-12-6-4-10-25(27)31(26-11-5-7-13-28(26)33)24-16-18-34(19-17-24)29-14-8-9-15-30(29)35-20-22-36(23-21-35)32(37)38-3/h4-15,24,31H,16-23H2,1-3H3. The Morgan fingerprint density at radius 1 is 0.711 bits per heavy atom. The fourth-order valence-corrected chi connectivity index (χ4v) is 7.23. The topological polar surface area (TPSA) is 36.0 Å². The number of fused-ring (bicyclic) bond motifs is 2. The van der Waals surface area contributed by atoms with E-state index in [9.17, 15) is 4.79 Å². The number of carbonyl (C=O) groups is 1. The van der Waals surface area contributed by atoms with Crippen LogP contribution in [0.2, 0.25) is 0 Å². The van der Waals surface area contributed by atoms with Crippen molar-refractivity contribution in [2.75, 3.05) is 56.2 Å². The van der Waals surface area contributed by atoms with E-state index in [2.05, 4.69) is 96.4 Å². The number of benzene rings is 3. The van der Waals surface area contributed by atoms with Gasteiger partial charge >= 0.3 is 6.09 Å². The number of rotatable bonds is 3. The van der Waals surface area contributed by atoms with Gasteiger partial charge < -0.3 is 19.4 Å². The van der Waals surface area contributed by atoms with Gasteiger partial charge in [0.15, 0.2) is 0 Å². The number of methoxy groups -OCH3 is 1. The molecule has 1 amide bonds. The lowest BCUT2D eigenvalue weighted by molar-refractivity contribution is 0.121. The molecule has 1 aliphatic carbocycles. The van der Waals surface area contributed by atoms with E-state index in [4.69, 9.17) is 4.74 Å². The normalized spacial score (nSPS) is 19.6. The quantitative estimate of drug-likeness (QED) is 0.417. The molecule has 5 heteroatoms. The predicted molar refractivity (Wildman–Crippen MR) is 154 cm³/mol. The van der Waals surface area contributed by atoms with Gasteiger partial charge in [0.05, 0.1) is 18.5 Å². The van der Waals surface area contributed by atoms with E-state index in [1.807, 2.05) is 0 Å². The van der Waals surface area contributed by atoms with Crippen molar-refractivity contribution < 1.29 is 9.53 Å². The molecule has 0 bridgehead atoms. The van der Waals surface area contributed by atoms with Crippen molar-refractivity contribution in [2.45, 2.75) is 38.0 Å². The maximum absolute atomic E-state index is 12.0. The molecule has 2 aliphatic heterocycles. The van der Waals surface area contributed by atoms with Gasteiger partial charge in [-0.05, 0) is 53.1 Å². The molecule has 0 atom stereocenters. The first-order valence-electron chi connectivity index (χ1n) is 14.1. The third kappa shape index (κ3) is 4.22. The molecule has 3 aromatic carbocycles. The van der Waals surface area contributed by atoms with E-state index >= 15 is 0 Å². The Hall–Kier alpha value is -3.47. The molecule has 38 heavy (non-hydrogen) atoms. The summed E-state index contributed by atoms with van der Waals surface area (Å²) in [5.74, 6) is 1.08. The van der Waals surface area contributed by atoms with Crippen molar-refractivity contribution in [3.05, 3.63) is 95.1 Å². The molecule has 0 aromatic heterocycles. The Labute approximate surface area is 227 Å². The summed E-state index contributed by atoms with van der Waals surface area (Å²) >= 11 is 0. The summed E-state index contributed by atoms with van der Waals surface area (Å²) in [5.41, 5.74) is 8.66. The van der Waals surface area contributed by atoms with Crippen LogP contribution >= 0.6 is 0 Å². The van der Waals surface area contributed by atoms with Gasteiger partial charge in [0.2, 0.25) is 0 Å². The summed E-state index contributed by atoms with van der Waals surface area (Å²) in [5, 5.41) is 0. The van der Waals surface area contributed by atoms with Crippen LogP contribution in [0.25, 0.3) is 0 Å². The van der Waals surface area contributed by atoms with Gasteiger partial charge in [0.25, 0.3) is 0 Å². The molecular weight excluding hydrogens is 470 g/mol. The average Bonchev–Trinajstić information content (AvgIpc) is 2.97. The second-order valence-electron chi connectivity index (χ2n) is 11.5. The highest BCUT2D eigenvalue weighted by molar-refractivity contribution is 5.73. The lowest BCUT2D eigenvalue weighted by atomic mass is 9.61. The molecule has 6 rings (SSSR count). The van der Waals surface area contributed by atoms with Crippen molar-refractivity contribution in [3.63, 3.8) is 0 Å². The fraction of sp³-hybridized carbons (Fsp3) is 0.424. The predicted octanol–water partition coefficient (Wildman–Crippen LogP) is 6.26. The van der Waals surface area contributed by atoms with Gasteiger partial charge in [-0.2, -0.15) is 0 Å². The molecule has 0 spiro atoms. The van der Waals surface area contributed by atoms with Gasteiger partial charge in [-0.3, -0.25) is 0 Å². The molecule has 0 saturated carbocycles. The van der Waals surface area contributed by atoms with Crippen LogP contribution in [0, 0.1) is 5.92 Å². The molecular formula is C33H39N3O2. The van der Waals surface area contributed by atoms with Gasteiger partial charge in [0.1, 0.15) is 0 Å². The number of para-hydroxylation sites is 2. The van der Waals surface area contributed by atoms with Crippen LogP contribution in [0.3, 0.4) is 0 Å². The summed E-state index contributed by atoms with van der Waals surface area (Å²) in [7, 11) is 1.46. The number of carbonyl (C=O) groups excluding carboxylic acids is 1. The molecule has 0 unspecified atom stereocenters. The number of ether oxygens (including phenoxy) is 1. The highest BCUT2D eigenvalue weighted by Gasteiger charge is 2.41. The smallest absolute Gasteiger partial charge is 0.409 e. The second-order valence-corrected chi connectivity index (χ2v) is 11.5. The zero-order valence-corrected chi connectivity index (χ0v) is 22.9. The van der Waals surface area contributed by atoms with Gasteiger partial charge in [-0.1, -0.05) is 74.5 Å². The van der Waals surface area contributed by atoms with E-state index in [0.29, 0.717) is 24.9 Å². The summed E-state index contributed by atoms with van der Waals surface area (Å²) in [6.07, 6.45) is 2.13. The molecule has 0 N–H and O–H groups in total. The van der Waals surface area contributed by atoms with E-state index in [1.165, 1.54) is 53.6 Å². The molecule has 0 radical (unpaired) electrons. The van der Waals surface area contributed by atoms with Crippen LogP contribution in [0.1, 0.15) is 54.9 Å². The summed E-state index contributed by atoms with van der Waals surface area (Å²) in [6, 6.07) is 27.1. The largest absolute Gasteiger partial charge is 0.453 e. The van der Waals surface area contributed by atoms with Crippen LogP contribution < -0.4 is 9.80 Å². The molecule has 3 aromatic rings. The van der Waals surface area contributed by atoms with Crippen molar-refractivity contribution in [2.24, 2.45) is 5.92 Å². The number of nitrogens with zero attached hydrogens (tertiary/aromatic N) is 3. The number of piperidine rings is 1. The van der Waals surface area contributed by atoms with Crippen molar-refractivity contribution >= 4 is 17.5 Å². The van der Waals surface area contributed by atoms with Gasteiger partial charge in [-0.25, -0.2) is 4.79 Å². The summed E-state index contributed by atoms with van der Waals surface area (Å²) in [6.45, 7) is 9.93. The molecule has 5 nitrogen and oxygen atoms in total. The Kier molecular flexibility index (Phi) is 6.55.